The minimum Gasteiger partial charge on any atom is -0.468 e. The van der Waals surface area contributed by atoms with Gasteiger partial charge in [0, 0.05) is 5.33 Å². The first-order valence-corrected chi connectivity index (χ1v) is 7.26. The predicted molar refractivity (Wildman–Crippen MR) is 67.1 cm³/mol. The van der Waals surface area contributed by atoms with Crippen molar-refractivity contribution in [1.29, 1.82) is 0 Å². The van der Waals surface area contributed by atoms with E-state index in [9.17, 15) is 0 Å². The van der Waals surface area contributed by atoms with Gasteiger partial charge in [-0.05, 0) is 36.6 Å². The first-order valence-electron chi connectivity index (χ1n) is 4.99. The Labute approximate surface area is 98.8 Å². The van der Waals surface area contributed by atoms with Crippen LogP contribution in [0, 0.1) is 5.92 Å². The van der Waals surface area contributed by atoms with Crippen LogP contribution in [0.1, 0.15) is 25.5 Å². The van der Waals surface area contributed by atoms with E-state index in [1.807, 2.05) is 23.9 Å². The molecule has 14 heavy (non-hydrogen) atoms. The molecule has 1 heterocycles. The van der Waals surface area contributed by atoms with Crippen LogP contribution in [0.5, 0.6) is 0 Å². The largest absolute Gasteiger partial charge is 0.468 e. The number of thioether (sulfide) groups is 1. The van der Waals surface area contributed by atoms with Gasteiger partial charge in [0.1, 0.15) is 5.76 Å². The predicted octanol–water partition coefficient (Wildman–Crippen LogP) is 4.32. The lowest BCUT2D eigenvalue weighted by atomic mass is 10.1. The van der Waals surface area contributed by atoms with Crippen LogP contribution >= 0.6 is 27.7 Å². The summed E-state index contributed by atoms with van der Waals surface area (Å²) in [5, 5.41) is 1.12. The fourth-order valence-corrected chi connectivity index (χ4v) is 3.04. The number of alkyl halides is 1. The van der Waals surface area contributed by atoms with Crippen LogP contribution < -0.4 is 0 Å². The second-order valence-corrected chi connectivity index (χ2v) is 5.40. The Bertz CT molecular complexity index is 223. The van der Waals surface area contributed by atoms with Crippen LogP contribution in [0.2, 0.25) is 0 Å². The van der Waals surface area contributed by atoms with Gasteiger partial charge in [0.25, 0.3) is 0 Å². The van der Waals surface area contributed by atoms with Crippen LogP contribution in [-0.2, 0) is 5.75 Å². The number of rotatable bonds is 7. The summed E-state index contributed by atoms with van der Waals surface area (Å²) in [5.74, 6) is 4.16. The van der Waals surface area contributed by atoms with E-state index >= 15 is 0 Å². The number of hydrogen-bond donors (Lipinski definition) is 0. The molecule has 1 aromatic heterocycles. The molecule has 0 aliphatic rings. The molecule has 0 aliphatic heterocycles. The third-order valence-electron chi connectivity index (χ3n) is 2.18. The quantitative estimate of drug-likeness (QED) is 0.543. The third kappa shape index (κ3) is 5.11. The summed E-state index contributed by atoms with van der Waals surface area (Å²) in [6.07, 6.45) is 4.32. The van der Waals surface area contributed by atoms with E-state index in [4.69, 9.17) is 4.42 Å². The zero-order chi connectivity index (χ0) is 10.2. The molecule has 1 unspecified atom stereocenters. The summed E-state index contributed by atoms with van der Waals surface area (Å²) in [7, 11) is 0. The molecule has 0 aromatic carbocycles. The first kappa shape index (κ1) is 12.2. The Balaban J connectivity index is 1.99. The molecule has 0 saturated carbocycles. The molecule has 1 aromatic rings. The van der Waals surface area contributed by atoms with E-state index in [1.54, 1.807) is 6.26 Å². The van der Waals surface area contributed by atoms with Crippen LogP contribution in [0.3, 0.4) is 0 Å². The fourth-order valence-electron chi connectivity index (χ4n) is 1.18. The minimum absolute atomic E-state index is 0.832. The summed E-state index contributed by atoms with van der Waals surface area (Å²) in [5.41, 5.74) is 0. The molecule has 0 bridgehead atoms. The molecular weight excluding hydrogens is 260 g/mol. The summed E-state index contributed by atoms with van der Waals surface area (Å²) in [4.78, 5) is 0. The second-order valence-electron chi connectivity index (χ2n) is 3.50. The van der Waals surface area contributed by atoms with Gasteiger partial charge in [0.2, 0.25) is 0 Å². The summed E-state index contributed by atoms with van der Waals surface area (Å²) < 4.78 is 5.26. The fraction of sp³-hybridized carbons (Fsp3) is 0.636. The molecule has 0 fully saturated rings. The van der Waals surface area contributed by atoms with Gasteiger partial charge < -0.3 is 4.42 Å². The van der Waals surface area contributed by atoms with Gasteiger partial charge in [-0.25, -0.2) is 0 Å². The van der Waals surface area contributed by atoms with Gasteiger partial charge in [0.15, 0.2) is 0 Å². The van der Waals surface area contributed by atoms with E-state index < -0.39 is 0 Å². The molecule has 0 N–H and O–H groups in total. The zero-order valence-corrected chi connectivity index (χ0v) is 10.9. The van der Waals surface area contributed by atoms with E-state index in [0.717, 1.165) is 22.8 Å². The van der Waals surface area contributed by atoms with E-state index in [1.165, 1.54) is 18.6 Å². The molecule has 1 nitrogen and oxygen atoms in total. The van der Waals surface area contributed by atoms with Crippen LogP contribution in [0.25, 0.3) is 0 Å². The molecule has 0 aliphatic carbocycles. The monoisotopic (exact) mass is 276 g/mol. The molecule has 3 heteroatoms. The molecule has 0 radical (unpaired) electrons. The van der Waals surface area contributed by atoms with Crippen LogP contribution in [0.4, 0.5) is 0 Å². The summed E-state index contributed by atoms with van der Waals surface area (Å²) in [6, 6.07) is 3.98. The average Bonchev–Trinajstić information content (AvgIpc) is 2.65. The Morgan fingerprint density at radius 3 is 3.00 bits per heavy atom. The van der Waals surface area contributed by atoms with Gasteiger partial charge in [-0.3, -0.25) is 0 Å². The van der Waals surface area contributed by atoms with Crippen molar-refractivity contribution in [2.24, 2.45) is 5.92 Å². The Morgan fingerprint density at radius 1 is 1.50 bits per heavy atom. The zero-order valence-electron chi connectivity index (χ0n) is 8.54. The standard InChI is InChI=1S/C11H17BrOS/c1-10(4-6-12)5-8-14-9-11-3-2-7-13-11/h2-3,7,10H,4-6,8-9H2,1H3. The Hall–Kier alpha value is 0.110. The molecule has 1 rings (SSSR count). The highest BCUT2D eigenvalue weighted by molar-refractivity contribution is 9.09. The topological polar surface area (TPSA) is 13.1 Å². The average molecular weight is 277 g/mol. The molecule has 80 valence electrons. The van der Waals surface area contributed by atoms with Crippen molar-refractivity contribution in [3.8, 4) is 0 Å². The van der Waals surface area contributed by atoms with Crippen molar-refractivity contribution in [2.75, 3.05) is 11.1 Å². The lowest BCUT2D eigenvalue weighted by molar-refractivity contribution is 0.529. The van der Waals surface area contributed by atoms with Crippen molar-refractivity contribution in [3.63, 3.8) is 0 Å². The van der Waals surface area contributed by atoms with Gasteiger partial charge >= 0.3 is 0 Å². The number of furan rings is 1. The third-order valence-corrected chi connectivity index (χ3v) is 3.65. The van der Waals surface area contributed by atoms with Crippen molar-refractivity contribution in [1.82, 2.24) is 0 Å². The maximum atomic E-state index is 5.26. The molecule has 0 spiro atoms. The van der Waals surface area contributed by atoms with Crippen LogP contribution in [-0.4, -0.2) is 11.1 Å². The smallest absolute Gasteiger partial charge is 0.113 e. The summed E-state index contributed by atoms with van der Waals surface area (Å²) >= 11 is 5.42. The van der Waals surface area contributed by atoms with E-state index in [-0.39, 0.29) is 0 Å². The van der Waals surface area contributed by atoms with Gasteiger partial charge in [0.05, 0.1) is 12.0 Å². The molecular formula is C11H17BrOS. The SMILES string of the molecule is CC(CCBr)CCSCc1ccco1. The van der Waals surface area contributed by atoms with Gasteiger partial charge in [-0.15, -0.1) is 0 Å². The maximum Gasteiger partial charge on any atom is 0.113 e. The number of hydrogen-bond acceptors (Lipinski definition) is 2. The lowest BCUT2D eigenvalue weighted by Crippen LogP contribution is -1.97. The van der Waals surface area contributed by atoms with E-state index in [0.29, 0.717) is 0 Å². The molecule has 1 atom stereocenters. The van der Waals surface area contributed by atoms with Crippen molar-refractivity contribution in [3.05, 3.63) is 24.2 Å². The molecule has 0 saturated heterocycles. The van der Waals surface area contributed by atoms with Crippen molar-refractivity contribution in [2.45, 2.75) is 25.5 Å². The highest BCUT2D eigenvalue weighted by Crippen LogP contribution is 2.17. The van der Waals surface area contributed by atoms with Gasteiger partial charge in [-0.2, -0.15) is 11.8 Å². The Kier molecular flexibility index (Phi) is 6.45. The van der Waals surface area contributed by atoms with E-state index in [2.05, 4.69) is 22.9 Å². The minimum atomic E-state index is 0.832. The second kappa shape index (κ2) is 7.41. The first-order chi connectivity index (χ1) is 6.83. The maximum absolute atomic E-state index is 5.26. The van der Waals surface area contributed by atoms with Crippen molar-refractivity contribution < 1.29 is 4.42 Å². The number of halogens is 1. The highest BCUT2D eigenvalue weighted by Gasteiger charge is 2.01. The van der Waals surface area contributed by atoms with Crippen molar-refractivity contribution >= 4 is 27.7 Å². The van der Waals surface area contributed by atoms with Crippen LogP contribution in [0.15, 0.2) is 22.8 Å². The Morgan fingerprint density at radius 2 is 2.36 bits per heavy atom. The highest BCUT2D eigenvalue weighted by atomic mass is 79.9. The normalized spacial score (nSPS) is 13.0. The summed E-state index contributed by atoms with van der Waals surface area (Å²) in [6.45, 7) is 2.31. The molecule has 0 amide bonds. The van der Waals surface area contributed by atoms with Gasteiger partial charge in [-0.1, -0.05) is 22.9 Å². The lowest BCUT2D eigenvalue weighted by Gasteiger charge is -2.07.